The Labute approximate surface area is 118 Å². The molecule has 0 bridgehead atoms. The molecule has 4 heteroatoms. The van der Waals surface area contributed by atoms with E-state index in [1.807, 2.05) is 0 Å². The Bertz CT molecular complexity index is 277. The Morgan fingerprint density at radius 3 is 2.53 bits per heavy atom. The quantitative estimate of drug-likeness (QED) is 0.795. The number of aliphatic hydroxyl groups is 1. The Hall–Kier alpha value is -0.160. The lowest BCUT2D eigenvalue weighted by Crippen LogP contribution is -2.59. The van der Waals surface area contributed by atoms with Gasteiger partial charge >= 0.3 is 0 Å². The van der Waals surface area contributed by atoms with E-state index in [4.69, 9.17) is 0 Å². The second-order valence-corrected chi connectivity index (χ2v) is 6.83. The molecule has 1 saturated carbocycles. The summed E-state index contributed by atoms with van der Waals surface area (Å²) in [6, 6.07) is 1.10. The van der Waals surface area contributed by atoms with E-state index in [0.29, 0.717) is 12.1 Å². The van der Waals surface area contributed by atoms with Gasteiger partial charge in [0.25, 0.3) is 0 Å². The van der Waals surface area contributed by atoms with Crippen LogP contribution < -0.4 is 5.32 Å². The molecule has 1 saturated heterocycles. The summed E-state index contributed by atoms with van der Waals surface area (Å²) in [5, 5.41) is 13.5. The van der Waals surface area contributed by atoms with Crippen molar-refractivity contribution in [1.82, 2.24) is 15.1 Å². The van der Waals surface area contributed by atoms with Gasteiger partial charge in [-0.3, -0.25) is 4.90 Å². The topological polar surface area (TPSA) is 38.7 Å². The van der Waals surface area contributed by atoms with Crippen LogP contribution in [0.2, 0.25) is 0 Å². The van der Waals surface area contributed by atoms with E-state index in [0.717, 1.165) is 12.8 Å². The highest BCUT2D eigenvalue weighted by Crippen LogP contribution is 2.32. The minimum Gasteiger partial charge on any atom is -0.394 e. The molecule has 2 atom stereocenters. The monoisotopic (exact) mass is 269 g/mol. The predicted octanol–water partition coefficient (Wildman–Crippen LogP) is 0.906. The van der Waals surface area contributed by atoms with Crippen molar-refractivity contribution < 1.29 is 5.11 Å². The first-order valence-electron chi connectivity index (χ1n) is 7.86. The molecule has 2 N–H and O–H groups in total. The van der Waals surface area contributed by atoms with E-state index in [1.165, 1.54) is 39.0 Å². The zero-order valence-corrected chi connectivity index (χ0v) is 12.9. The maximum atomic E-state index is 9.86. The van der Waals surface area contributed by atoms with E-state index in [1.54, 1.807) is 0 Å². The molecular weight excluding hydrogens is 238 g/mol. The Kier molecular flexibility index (Phi) is 5.23. The lowest BCUT2D eigenvalue weighted by molar-refractivity contribution is 0.0339. The fourth-order valence-corrected chi connectivity index (χ4v) is 3.76. The molecule has 2 unspecified atom stereocenters. The molecule has 0 amide bonds. The van der Waals surface area contributed by atoms with Gasteiger partial charge in [-0.2, -0.15) is 0 Å². The number of likely N-dealkylation sites (N-methyl/N-ethyl adjacent to an activating group) is 1. The first-order valence-corrected chi connectivity index (χ1v) is 7.86. The molecular formula is C15H31N3O. The summed E-state index contributed by atoms with van der Waals surface area (Å²) >= 11 is 0. The first kappa shape index (κ1) is 15.2. The number of hydrogen-bond donors (Lipinski definition) is 2. The number of nitrogens with one attached hydrogen (secondary N) is 1. The Morgan fingerprint density at radius 1 is 1.26 bits per heavy atom. The van der Waals surface area contributed by atoms with Crippen LogP contribution in [0, 0.1) is 0 Å². The van der Waals surface area contributed by atoms with Gasteiger partial charge in [0.15, 0.2) is 0 Å². The van der Waals surface area contributed by atoms with Crippen molar-refractivity contribution in [3.05, 3.63) is 0 Å². The molecule has 1 heterocycles. The second-order valence-electron chi connectivity index (χ2n) is 6.83. The molecule has 0 spiro atoms. The highest BCUT2D eigenvalue weighted by atomic mass is 16.3. The van der Waals surface area contributed by atoms with Crippen LogP contribution in [0.4, 0.5) is 0 Å². The summed E-state index contributed by atoms with van der Waals surface area (Å²) in [7, 11) is 2.20. The second kappa shape index (κ2) is 6.53. The minimum atomic E-state index is -0.0412. The van der Waals surface area contributed by atoms with Crippen LogP contribution in [0.1, 0.15) is 39.5 Å². The molecule has 2 fully saturated rings. The average molecular weight is 269 g/mol. The smallest absolute Gasteiger partial charge is 0.0613 e. The highest BCUT2D eigenvalue weighted by Gasteiger charge is 2.38. The summed E-state index contributed by atoms with van der Waals surface area (Å²) in [6.07, 6.45) is 4.75. The Morgan fingerprint density at radius 2 is 1.95 bits per heavy atom. The molecule has 1 aliphatic carbocycles. The van der Waals surface area contributed by atoms with E-state index >= 15 is 0 Å². The molecule has 112 valence electrons. The van der Waals surface area contributed by atoms with Crippen molar-refractivity contribution >= 4 is 0 Å². The van der Waals surface area contributed by atoms with Crippen LogP contribution in [0.3, 0.4) is 0 Å². The summed E-state index contributed by atoms with van der Waals surface area (Å²) in [5.41, 5.74) is -0.0412. The van der Waals surface area contributed by atoms with Gasteiger partial charge < -0.3 is 15.3 Å². The molecule has 1 aliphatic heterocycles. The fraction of sp³-hybridized carbons (Fsp3) is 1.00. The number of nitrogens with zero attached hydrogens (tertiary/aromatic N) is 2. The van der Waals surface area contributed by atoms with E-state index in [2.05, 4.69) is 36.0 Å². The zero-order valence-electron chi connectivity index (χ0n) is 12.9. The van der Waals surface area contributed by atoms with Crippen LogP contribution in [0.25, 0.3) is 0 Å². The standard InChI is InChI=1S/C15H31N3O/c1-13(2)16-15(12-19)6-4-5-14(11-15)18-9-7-17(3)8-10-18/h13-14,16,19H,4-12H2,1-3H3. The highest BCUT2D eigenvalue weighted by molar-refractivity contribution is 4.97. The van der Waals surface area contributed by atoms with Crippen LogP contribution in [0.15, 0.2) is 0 Å². The fourth-order valence-electron chi connectivity index (χ4n) is 3.76. The summed E-state index contributed by atoms with van der Waals surface area (Å²) in [5.74, 6) is 0. The van der Waals surface area contributed by atoms with Crippen LogP contribution >= 0.6 is 0 Å². The summed E-state index contributed by atoms with van der Waals surface area (Å²) < 4.78 is 0. The van der Waals surface area contributed by atoms with Gasteiger partial charge in [-0.15, -0.1) is 0 Å². The largest absolute Gasteiger partial charge is 0.394 e. The van der Waals surface area contributed by atoms with Crippen molar-refractivity contribution in [1.29, 1.82) is 0 Å². The van der Waals surface area contributed by atoms with Gasteiger partial charge in [0.1, 0.15) is 0 Å². The van der Waals surface area contributed by atoms with Crippen molar-refractivity contribution in [2.75, 3.05) is 39.8 Å². The van der Waals surface area contributed by atoms with Crippen molar-refractivity contribution in [3.63, 3.8) is 0 Å². The third-order valence-electron chi connectivity index (χ3n) is 4.77. The zero-order chi connectivity index (χ0) is 13.9. The number of hydrogen-bond acceptors (Lipinski definition) is 4. The third-order valence-corrected chi connectivity index (χ3v) is 4.77. The normalized spacial score (nSPS) is 34.9. The van der Waals surface area contributed by atoms with Gasteiger partial charge in [-0.05, 0) is 32.7 Å². The van der Waals surface area contributed by atoms with E-state index in [9.17, 15) is 5.11 Å². The average Bonchev–Trinajstić information content (AvgIpc) is 2.39. The minimum absolute atomic E-state index is 0.0412. The maximum absolute atomic E-state index is 9.86. The van der Waals surface area contributed by atoms with Crippen molar-refractivity contribution in [2.24, 2.45) is 0 Å². The van der Waals surface area contributed by atoms with Gasteiger partial charge in [0.2, 0.25) is 0 Å². The molecule has 0 aromatic heterocycles. The molecule has 4 nitrogen and oxygen atoms in total. The van der Waals surface area contributed by atoms with Gasteiger partial charge in [0, 0.05) is 43.8 Å². The van der Waals surface area contributed by atoms with Crippen LogP contribution in [0.5, 0.6) is 0 Å². The lowest BCUT2D eigenvalue weighted by Gasteiger charge is -2.47. The number of aliphatic hydroxyl groups excluding tert-OH is 1. The van der Waals surface area contributed by atoms with Gasteiger partial charge in [0.05, 0.1) is 6.61 Å². The first-order chi connectivity index (χ1) is 9.04. The molecule has 0 aromatic rings. The van der Waals surface area contributed by atoms with Crippen LogP contribution in [-0.2, 0) is 0 Å². The van der Waals surface area contributed by atoms with Crippen molar-refractivity contribution in [3.8, 4) is 0 Å². The van der Waals surface area contributed by atoms with Gasteiger partial charge in [-0.1, -0.05) is 13.8 Å². The summed E-state index contributed by atoms with van der Waals surface area (Å²) in [4.78, 5) is 5.05. The molecule has 2 rings (SSSR count). The predicted molar refractivity (Wildman–Crippen MR) is 79.4 cm³/mol. The Balaban J connectivity index is 1.95. The molecule has 2 aliphatic rings. The lowest BCUT2D eigenvalue weighted by atomic mass is 9.78. The maximum Gasteiger partial charge on any atom is 0.0613 e. The number of rotatable bonds is 4. The van der Waals surface area contributed by atoms with E-state index in [-0.39, 0.29) is 12.1 Å². The molecule has 19 heavy (non-hydrogen) atoms. The summed E-state index contributed by atoms with van der Waals surface area (Å²) in [6.45, 7) is 9.36. The molecule has 0 aromatic carbocycles. The van der Waals surface area contributed by atoms with E-state index < -0.39 is 0 Å². The SMILES string of the molecule is CC(C)NC1(CO)CCCC(N2CCN(C)CC2)C1. The van der Waals surface area contributed by atoms with Crippen LogP contribution in [-0.4, -0.2) is 72.4 Å². The van der Waals surface area contributed by atoms with Crippen molar-refractivity contribution in [2.45, 2.75) is 57.2 Å². The number of piperazine rings is 1. The van der Waals surface area contributed by atoms with Gasteiger partial charge in [-0.25, -0.2) is 0 Å². The molecule has 0 radical (unpaired) electrons. The third kappa shape index (κ3) is 3.91.